The van der Waals surface area contributed by atoms with Crippen molar-refractivity contribution in [3.8, 4) is 5.75 Å². The highest BCUT2D eigenvalue weighted by atomic mass is 35.5. The lowest BCUT2D eigenvalue weighted by Gasteiger charge is -2.19. The van der Waals surface area contributed by atoms with Crippen LogP contribution in [0.25, 0.3) is 0 Å². The molecule has 1 unspecified atom stereocenters. The highest BCUT2D eigenvalue weighted by Gasteiger charge is 2.20. The maximum atomic E-state index is 13.0. The van der Waals surface area contributed by atoms with Crippen LogP contribution in [0.5, 0.6) is 5.75 Å². The molecule has 1 amide bonds. The third-order valence-electron chi connectivity index (χ3n) is 5.14. The average molecular weight is 450 g/mol. The zero-order valence-corrected chi connectivity index (χ0v) is 19.6. The molecule has 0 saturated carbocycles. The molecule has 3 aromatic carbocycles. The van der Waals surface area contributed by atoms with Gasteiger partial charge >= 0.3 is 0 Å². The maximum Gasteiger partial charge on any atom is 0.265 e. The van der Waals surface area contributed by atoms with Crippen LogP contribution in [0.3, 0.4) is 0 Å². The molecule has 0 bridgehead atoms. The van der Waals surface area contributed by atoms with Crippen LogP contribution in [0.15, 0.2) is 72.8 Å². The second kappa shape index (κ2) is 10.0. The molecular formula is C27H28ClNO3. The van der Waals surface area contributed by atoms with Crippen molar-refractivity contribution in [2.45, 2.75) is 45.6 Å². The van der Waals surface area contributed by atoms with Gasteiger partial charge in [-0.25, -0.2) is 0 Å². The van der Waals surface area contributed by atoms with E-state index < -0.39 is 6.10 Å². The van der Waals surface area contributed by atoms with Gasteiger partial charge < -0.3 is 10.1 Å². The molecule has 4 nitrogen and oxygen atoms in total. The molecule has 0 heterocycles. The second-order valence-electron chi connectivity index (χ2n) is 8.70. The van der Waals surface area contributed by atoms with Crippen LogP contribution in [0.4, 0.5) is 5.69 Å². The molecule has 3 rings (SSSR count). The van der Waals surface area contributed by atoms with Gasteiger partial charge in [0.2, 0.25) is 0 Å². The summed E-state index contributed by atoms with van der Waals surface area (Å²) in [5.74, 6) is 0.150. The Labute approximate surface area is 194 Å². The van der Waals surface area contributed by atoms with E-state index in [0.717, 1.165) is 0 Å². The molecule has 3 aromatic rings. The Hall–Kier alpha value is -3.11. The van der Waals surface area contributed by atoms with Gasteiger partial charge in [0.1, 0.15) is 5.75 Å². The number of benzene rings is 3. The minimum atomic E-state index is -0.683. The number of rotatable bonds is 7. The largest absolute Gasteiger partial charge is 0.481 e. The third-order valence-corrected chi connectivity index (χ3v) is 5.38. The van der Waals surface area contributed by atoms with Crippen molar-refractivity contribution in [2.24, 2.45) is 0 Å². The van der Waals surface area contributed by atoms with Crippen LogP contribution >= 0.6 is 11.6 Å². The number of halogens is 1. The molecule has 0 aromatic heterocycles. The zero-order valence-electron chi connectivity index (χ0n) is 18.8. The zero-order chi connectivity index (χ0) is 23.3. The van der Waals surface area contributed by atoms with E-state index in [0.29, 0.717) is 34.0 Å². The van der Waals surface area contributed by atoms with Crippen molar-refractivity contribution in [2.75, 3.05) is 5.32 Å². The smallest absolute Gasteiger partial charge is 0.265 e. The highest BCUT2D eigenvalue weighted by Crippen LogP contribution is 2.24. The summed E-state index contributed by atoms with van der Waals surface area (Å²) in [7, 11) is 0. The number of hydrogen-bond donors (Lipinski definition) is 1. The first-order valence-corrected chi connectivity index (χ1v) is 11.0. The van der Waals surface area contributed by atoms with Crippen LogP contribution in [0, 0.1) is 0 Å². The molecule has 0 saturated heterocycles. The molecule has 0 aliphatic rings. The predicted molar refractivity (Wildman–Crippen MR) is 130 cm³/mol. The summed E-state index contributed by atoms with van der Waals surface area (Å²) in [6.45, 7) is 8.27. The minimum absolute atomic E-state index is 0.0226. The number of carbonyl (C=O) groups is 2. The van der Waals surface area contributed by atoms with Crippen molar-refractivity contribution in [1.29, 1.82) is 0 Å². The SMILES string of the molecule is CCC(Oc1cccc(Cl)c1)C(=O)Nc1cccc(C(=O)c2ccc(C(C)(C)C)cc2)c1. The van der Waals surface area contributed by atoms with Crippen molar-refractivity contribution >= 4 is 29.0 Å². The number of hydrogen-bond acceptors (Lipinski definition) is 3. The van der Waals surface area contributed by atoms with Gasteiger partial charge in [-0.15, -0.1) is 0 Å². The standard InChI is InChI=1S/C27H28ClNO3/c1-5-24(32-23-11-7-9-21(28)17-23)26(31)29-22-10-6-8-19(16-22)25(30)18-12-14-20(15-13-18)27(2,3)4/h6-17,24H,5H2,1-4H3,(H,29,31). The van der Waals surface area contributed by atoms with E-state index in [4.69, 9.17) is 16.3 Å². The van der Waals surface area contributed by atoms with Crippen LogP contribution in [0.2, 0.25) is 5.02 Å². The summed E-state index contributed by atoms with van der Waals surface area (Å²) in [6.07, 6.45) is -0.199. The average Bonchev–Trinajstić information content (AvgIpc) is 2.76. The molecule has 0 fully saturated rings. The lowest BCUT2D eigenvalue weighted by atomic mass is 9.86. The number of carbonyl (C=O) groups excluding carboxylic acids is 2. The number of amides is 1. The van der Waals surface area contributed by atoms with Gasteiger partial charge in [-0.05, 0) is 47.7 Å². The highest BCUT2D eigenvalue weighted by molar-refractivity contribution is 6.30. The summed E-state index contributed by atoms with van der Waals surface area (Å²) in [4.78, 5) is 25.7. The third kappa shape index (κ3) is 5.98. The number of anilines is 1. The maximum absolute atomic E-state index is 13.0. The number of ether oxygens (including phenoxy) is 1. The van der Waals surface area contributed by atoms with Crippen molar-refractivity contribution in [1.82, 2.24) is 0 Å². The van der Waals surface area contributed by atoms with Crippen molar-refractivity contribution in [3.63, 3.8) is 0 Å². The minimum Gasteiger partial charge on any atom is -0.481 e. The summed E-state index contributed by atoms with van der Waals surface area (Å²) in [5.41, 5.74) is 2.85. The van der Waals surface area contributed by atoms with E-state index in [2.05, 4.69) is 26.1 Å². The Bertz CT molecular complexity index is 1100. The van der Waals surface area contributed by atoms with Crippen LogP contribution < -0.4 is 10.1 Å². The van der Waals surface area contributed by atoms with Crippen molar-refractivity contribution < 1.29 is 14.3 Å². The number of ketones is 1. The lowest BCUT2D eigenvalue weighted by Crippen LogP contribution is -2.32. The first-order chi connectivity index (χ1) is 15.2. The molecule has 32 heavy (non-hydrogen) atoms. The topological polar surface area (TPSA) is 55.4 Å². The molecule has 0 radical (unpaired) electrons. The molecule has 5 heteroatoms. The monoisotopic (exact) mass is 449 g/mol. The fraction of sp³-hybridized carbons (Fsp3) is 0.259. The fourth-order valence-corrected chi connectivity index (χ4v) is 3.46. The van der Waals surface area contributed by atoms with E-state index in [1.807, 2.05) is 31.2 Å². The normalized spacial score (nSPS) is 12.2. The van der Waals surface area contributed by atoms with Gasteiger partial charge in [0.25, 0.3) is 5.91 Å². The Morgan fingerprint density at radius 1 is 0.938 bits per heavy atom. The first kappa shape index (κ1) is 23.6. The van der Waals surface area contributed by atoms with E-state index in [-0.39, 0.29) is 17.1 Å². The molecule has 0 aliphatic heterocycles. The van der Waals surface area contributed by atoms with E-state index in [1.54, 1.807) is 48.5 Å². The second-order valence-corrected chi connectivity index (χ2v) is 9.14. The van der Waals surface area contributed by atoms with Gasteiger partial charge in [0, 0.05) is 21.8 Å². The molecule has 1 atom stereocenters. The van der Waals surface area contributed by atoms with Crippen molar-refractivity contribution in [3.05, 3.63) is 94.5 Å². The fourth-order valence-electron chi connectivity index (χ4n) is 3.28. The molecular weight excluding hydrogens is 422 g/mol. The van der Waals surface area contributed by atoms with Gasteiger partial charge in [0.15, 0.2) is 11.9 Å². The summed E-state index contributed by atoms with van der Waals surface area (Å²) in [5, 5.41) is 3.40. The summed E-state index contributed by atoms with van der Waals surface area (Å²) >= 11 is 6.00. The van der Waals surface area contributed by atoms with E-state index >= 15 is 0 Å². The number of nitrogens with one attached hydrogen (secondary N) is 1. The molecule has 166 valence electrons. The molecule has 1 N–H and O–H groups in total. The quantitative estimate of drug-likeness (QED) is 0.410. The Balaban J connectivity index is 1.72. The summed E-state index contributed by atoms with van der Waals surface area (Å²) < 4.78 is 5.80. The Kier molecular flexibility index (Phi) is 7.37. The van der Waals surface area contributed by atoms with Gasteiger partial charge in [0.05, 0.1) is 0 Å². The first-order valence-electron chi connectivity index (χ1n) is 10.7. The van der Waals surface area contributed by atoms with Gasteiger partial charge in [-0.3, -0.25) is 9.59 Å². The van der Waals surface area contributed by atoms with Crippen LogP contribution in [-0.2, 0) is 10.2 Å². The lowest BCUT2D eigenvalue weighted by molar-refractivity contribution is -0.122. The Morgan fingerprint density at radius 2 is 1.62 bits per heavy atom. The Morgan fingerprint density at radius 3 is 2.25 bits per heavy atom. The van der Waals surface area contributed by atoms with Crippen LogP contribution in [0.1, 0.15) is 55.6 Å². The molecule has 0 aliphatic carbocycles. The van der Waals surface area contributed by atoms with E-state index in [9.17, 15) is 9.59 Å². The van der Waals surface area contributed by atoms with E-state index in [1.165, 1.54) is 5.56 Å². The predicted octanol–water partition coefficient (Wildman–Crippen LogP) is 6.66. The van der Waals surface area contributed by atoms with Gasteiger partial charge in [-0.2, -0.15) is 0 Å². The summed E-state index contributed by atoms with van der Waals surface area (Å²) in [6, 6.07) is 21.5. The van der Waals surface area contributed by atoms with Crippen LogP contribution in [-0.4, -0.2) is 17.8 Å². The molecule has 0 spiro atoms. The van der Waals surface area contributed by atoms with Gasteiger partial charge in [-0.1, -0.05) is 81.8 Å².